The summed E-state index contributed by atoms with van der Waals surface area (Å²) in [6.07, 6.45) is 2.34. The average molecular weight is 168 g/mol. The van der Waals surface area contributed by atoms with Crippen LogP contribution in [-0.4, -0.2) is 29.3 Å². The van der Waals surface area contributed by atoms with Crippen LogP contribution in [0.1, 0.15) is 6.92 Å². The third-order valence-corrected chi connectivity index (χ3v) is 1.39. The van der Waals surface area contributed by atoms with Crippen LogP contribution < -0.4 is 5.32 Å². The molecule has 1 rings (SSSR count). The summed E-state index contributed by atoms with van der Waals surface area (Å²) < 4.78 is 0. The fourth-order valence-corrected chi connectivity index (χ4v) is 0.777. The predicted molar refractivity (Wildman–Crippen MR) is 39.7 cm³/mol. The molecule has 0 aromatic carbocycles. The molecule has 3 amide bonds. The van der Waals surface area contributed by atoms with Gasteiger partial charge in [-0.25, -0.2) is 0 Å². The quantitative estimate of drug-likeness (QED) is 0.538. The molecule has 0 bridgehead atoms. The van der Waals surface area contributed by atoms with Crippen LogP contribution in [0.2, 0.25) is 0 Å². The van der Waals surface area contributed by atoms with Crippen LogP contribution in [0.3, 0.4) is 0 Å². The van der Waals surface area contributed by atoms with Crippen molar-refractivity contribution in [3.63, 3.8) is 0 Å². The zero-order chi connectivity index (χ0) is 9.14. The van der Waals surface area contributed by atoms with E-state index in [0.717, 1.165) is 4.90 Å². The van der Waals surface area contributed by atoms with Crippen molar-refractivity contribution in [1.82, 2.24) is 10.2 Å². The summed E-state index contributed by atoms with van der Waals surface area (Å²) in [6, 6.07) is 0. The number of carbonyl (C=O) groups is 3. The molecule has 1 N–H and O–H groups in total. The molecule has 0 radical (unpaired) electrons. The molecule has 0 unspecified atom stereocenters. The Morgan fingerprint density at radius 1 is 1.42 bits per heavy atom. The van der Waals surface area contributed by atoms with Crippen molar-refractivity contribution >= 4 is 17.7 Å². The van der Waals surface area contributed by atoms with Crippen LogP contribution >= 0.6 is 0 Å². The molecule has 0 atom stereocenters. The van der Waals surface area contributed by atoms with Gasteiger partial charge in [-0.15, -0.1) is 0 Å². The van der Waals surface area contributed by atoms with Crippen LogP contribution in [0.4, 0.5) is 0 Å². The molecule has 0 spiro atoms. The van der Waals surface area contributed by atoms with Crippen LogP contribution in [0, 0.1) is 0 Å². The first kappa shape index (κ1) is 8.45. The lowest BCUT2D eigenvalue weighted by molar-refractivity contribution is -0.137. The van der Waals surface area contributed by atoms with Gasteiger partial charge in [-0.3, -0.25) is 19.3 Å². The van der Waals surface area contributed by atoms with E-state index in [2.05, 4.69) is 5.32 Å². The molecule has 0 aliphatic carbocycles. The Labute approximate surface area is 69.0 Å². The van der Waals surface area contributed by atoms with Gasteiger partial charge in [0.25, 0.3) is 11.8 Å². The molecule has 0 saturated heterocycles. The highest BCUT2D eigenvalue weighted by Gasteiger charge is 2.22. The van der Waals surface area contributed by atoms with Crippen LogP contribution in [0.5, 0.6) is 0 Å². The maximum Gasteiger partial charge on any atom is 0.255 e. The van der Waals surface area contributed by atoms with Crippen molar-refractivity contribution in [1.29, 1.82) is 0 Å². The Morgan fingerprint density at radius 3 is 2.33 bits per heavy atom. The lowest BCUT2D eigenvalue weighted by atomic mass is 10.6. The third kappa shape index (κ3) is 1.69. The van der Waals surface area contributed by atoms with Gasteiger partial charge in [0.15, 0.2) is 0 Å². The maximum absolute atomic E-state index is 10.9. The Bertz CT molecular complexity index is 252. The van der Waals surface area contributed by atoms with Crippen molar-refractivity contribution in [3.8, 4) is 0 Å². The average Bonchev–Trinajstić information content (AvgIpc) is 2.28. The number of amides is 3. The topological polar surface area (TPSA) is 66.5 Å². The highest BCUT2D eigenvalue weighted by Crippen LogP contribution is 2.00. The molecule has 0 aromatic rings. The van der Waals surface area contributed by atoms with E-state index in [-0.39, 0.29) is 12.6 Å². The molecule has 1 heterocycles. The van der Waals surface area contributed by atoms with Gasteiger partial charge in [0.2, 0.25) is 5.91 Å². The van der Waals surface area contributed by atoms with Crippen molar-refractivity contribution in [2.24, 2.45) is 0 Å². The van der Waals surface area contributed by atoms with E-state index >= 15 is 0 Å². The second kappa shape index (κ2) is 3.17. The number of carbonyl (C=O) groups excluding carboxylic acids is 3. The smallest absolute Gasteiger partial charge is 0.255 e. The second-order valence-corrected chi connectivity index (χ2v) is 2.33. The summed E-state index contributed by atoms with van der Waals surface area (Å²) in [5, 5.41) is 2.35. The first-order valence-corrected chi connectivity index (χ1v) is 3.39. The minimum atomic E-state index is -0.395. The SMILES string of the molecule is CC(=O)NCN1C(=O)C=CC1=O. The molecule has 1 aliphatic rings. The summed E-state index contributed by atoms with van der Waals surface area (Å²) >= 11 is 0. The normalized spacial score (nSPS) is 15.6. The highest BCUT2D eigenvalue weighted by atomic mass is 16.2. The van der Waals surface area contributed by atoms with E-state index in [9.17, 15) is 14.4 Å². The highest BCUT2D eigenvalue weighted by molar-refractivity contribution is 6.12. The van der Waals surface area contributed by atoms with Crippen molar-refractivity contribution in [2.75, 3.05) is 6.67 Å². The lowest BCUT2D eigenvalue weighted by Crippen LogP contribution is -2.40. The van der Waals surface area contributed by atoms with E-state index < -0.39 is 11.8 Å². The molecule has 5 heteroatoms. The van der Waals surface area contributed by atoms with Gasteiger partial charge in [0.05, 0.1) is 0 Å². The zero-order valence-electron chi connectivity index (χ0n) is 6.53. The Hall–Kier alpha value is -1.65. The maximum atomic E-state index is 10.9. The molecule has 64 valence electrons. The van der Waals surface area contributed by atoms with Crippen molar-refractivity contribution in [2.45, 2.75) is 6.92 Å². The van der Waals surface area contributed by atoms with Crippen LogP contribution in [0.15, 0.2) is 12.2 Å². The van der Waals surface area contributed by atoms with Crippen molar-refractivity contribution < 1.29 is 14.4 Å². The minimum Gasteiger partial charge on any atom is -0.338 e. The van der Waals surface area contributed by atoms with E-state index in [0.29, 0.717) is 0 Å². The number of rotatable bonds is 2. The summed E-state index contributed by atoms with van der Waals surface area (Å²) in [5.74, 6) is -1.06. The largest absolute Gasteiger partial charge is 0.338 e. The molecule has 0 aromatic heterocycles. The molecule has 1 aliphatic heterocycles. The van der Waals surface area contributed by atoms with Gasteiger partial charge in [-0.05, 0) is 0 Å². The van der Waals surface area contributed by atoms with Gasteiger partial charge >= 0.3 is 0 Å². The Balaban J connectivity index is 2.48. The monoisotopic (exact) mass is 168 g/mol. The summed E-state index contributed by atoms with van der Waals surface area (Å²) in [6.45, 7) is 1.26. The number of nitrogens with zero attached hydrogens (tertiary/aromatic N) is 1. The van der Waals surface area contributed by atoms with Gasteiger partial charge < -0.3 is 5.32 Å². The van der Waals surface area contributed by atoms with E-state index in [1.807, 2.05) is 0 Å². The first-order chi connectivity index (χ1) is 5.61. The van der Waals surface area contributed by atoms with Gasteiger partial charge in [-0.2, -0.15) is 0 Å². The standard InChI is InChI=1S/C7H8N2O3/c1-5(10)8-4-9-6(11)2-3-7(9)12/h2-3H,4H2,1H3,(H,8,10). The summed E-state index contributed by atoms with van der Waals surface area (Å²) in [5.41, 5.74) is 0. The number of imide groups is 1. The predicted octanol–water partition coefficient (Wildman–Crippen LogP) is -0.995. The fraction of sp³-hybridized carbons (Fsp3) is 0.286. The summed E-state index contributed by atoms with van der Waals surface area (Å²) in [7, 11) is 0. The van der Waals surface area contributed by atoms with Gasteiger partial charge in [0.1, 0.15) is 6.67 Å². The Morgan fingerprint density at radius 2 is 1.92 bits per heavy atom. The zero-order valence-corrected chi connectivity index (χ0v) is 6.53. The number of nitrogens with one attached hydrogen (secondary N) is 1. The summed E-state index contributed by atoms with van der Waals surface area (Å²) in [4.78, 5) is 33.1. The molecular formula is C7H8N2O3. The minimum absolute atomic E-state index is 0.0556. The molecular weight excluding hydrogens is 160 g/mol. The molecule has 5 nitrogen and oxygen atoms in total. The second-order valence-electron chi connectivity index (χ2n) is 2.33. The van der Waals surface area contributed by atoms with Crippen LogP contribution in [-0.2, 0) is 14.4 Å². The first-order valence-electron chi connectivity index (χ1n) is 3.39. The van der Waals surface area contributed by atoms with Gasteiger partial charge in [-0.1, -0.05) is 0 Å². The molecule has 0 fully saturated rings. The molecule has 12 heavy (non-hydrogen) atoms. The number of hydrogen-bond acceptors (Lipinski definition) is 3. The van der Waals surface area contributed by atoms with E-state index in [1.165, 1.54) is 19.1 Å². The number of hydrogen-bond donors (Lipinski definition) is 1. The van der Waals surface area contributed by atoms with Crippen LogP contribution in [0.25, 0.3) is 0 Å². The Kier molecular flexibility index (Phi) is 2.23. The van der Waals surface area contributed by atoms with Crippen molar-refractivity contribution in [3.05, 3.63) is 12.2 Å². The van der Waals surface area contributed by atoms with E-state index in [4.69, 9.17) is 0 Å². The third-order valence-electron chi connectivity index (χ3n) is 1.39. The van der Waals surface area contributed by atoms with Gasteiger partial charge in [0, 0.05) is 19.1 Å². The fourth-order valence-electron chi connectivity index (χ4n) is 0.777. The lowest BCUT2D eigenvalue weighted by Gasteiger charge is -2.12. The molecule has 0 saturated carbocycles. The van der Waals surface area contributed by atoms with E-state index in [1.54, 1.807) is 0 Å².